The fourth-order valence-corrected chi connectivity index (χ4v) is 2.62. The Kier molecular flexibility index (Phi) is 6.50. The minimum Gasteiger partial charge on any atom is -0.316 e. The van der Waals surface area contributed by atoms with Crippen molar-refractivity contribution in [2.75, 3.05) is 19.3 Å². The number of nitrogens with one attached hydrogen (secondary N) is 1. The van der Waals surface area contributed by atoms with Crippen LogP contribution in [0.2, 0.25) is 0 Å². The Bertz CT molecular complexity index is 190. The smallest absolute Gasteiger partial charge is 0.0329 e. The molecule has 1 saturated carbocycles. The molecule has 2 atom stereocenters. The summed E-state index contributed by atoms with van der Waals surface area (Å²) in [6.45, 7) is 4.26. The summed E-state index contributed by atoms with van der Waals surface area (Å²) in [5.74, 6) is 0.904. The van der Waals surface area contributed by atoms with Crippen LogP contribution in [0.5, 0.6) is 0 Å². The molecule has 3 heteroatoms. The van der Waals surface area contributed by atoms with Crippen molar-refractivity contribution in [1.82, 2.24) is 5.32 Å². The molecule has 1 fully saturated rings. The molecule has 0 aromatic rings. The highest BCUT2D eigenvalue weighted by molar-refractivity contribution is 7.84. The average Bonchev–Trinajstić information content (AvgIpc) is 2.25. The largest absolute Gasteiger partial charge is 0.316 e. The Morgan fingerprint density at radius 1 is 1.33 bits per heavy atom. The second-order valence-corrected chi connectivity index (χ2v) is 6.61. The van der Waals surface area contributed by atoms with Gasteiger partial charge in [-0.2, -0.15) is 0 Å². The monoisotopic (exact) mass is 231 g/mol. The number of rotatable bonds is 6. The topological polar surface area (TPSA) is 29.1 Å². The molecule has 0 heterocycles. The number of hydrogen-bond donors (Lipinski definition) is 1. The maximum Gasteiger partial charge on any atom is 0.0329 e. The molecular formula is C12H25NOS. The van der Waals surface area contributed by atoms with Crippen molar-refractivity contribution in [2.45, 2.75) is 50.7 Å². The molecule has 1 aliphatic carbocycles. The summed E-state index contributed by atoms with van der Waals surface area (Å²) in [5.41, 5.74) is 0. The Labute approximate surface area is 96.7 Å². The van der Waals surface area contributed by atoms with Crippen LogP contribution in [-0.2, 0) is 10.8 Å². The fraction of sp³-hybridized carbons (Fsp3) is 1.00. The van der Waals surface area contributed by atoms with E-state index in [2.05, 4.69) is 12.2 Å². The first-order chi connectivity index (χ1) is 7.20. The van der Waals surface area contributed by atoms with Gasteiger partial charge in [-0.25, -0.2) is 0 Å². The van der Waals surface area contributed by atoms with Gasteiger partial charge in [-0.15, -0.1) is 0 Å². The van der Waals surface area contributed by atoms with E-state index in [1.165, 1.54) is 38.6 Å². The molecular weight excluding hydrogens is 206 g/mol. The van der Waals surface area contributed by atoms with Crippen LogP contribution in [0, 0.1) is 5.92 Å². The molecule has 0 aromatic heterocycles. The quantitative estimate of drug-likeness (QED) is 0.711. The molecule has 90 valence electrons. The zero-order valence-corrected chi connectivity index (χ0v) is 10.9. The predicted molar refractivity (Wildman–Crippen MR) is 67.6 cm³/mol. The van der Waals surface area contributed by atoms with E-state index in [1.54, 1.807) is 6.26 Å². The van der Waals surface area contributed by atoms with Crippen LogP contribution in [-0.4, -0.2) is 28.8 Å². The highest BCUT2D eigenvalue weighted by Gasteiger charge is 2.12. The van der Waals surface area contributed by atoms with Crippen LogP contribution in [0.3, 0.4) is 0 Å². The zero-order valence-electron chi connectivity index (χ0n) is 10.1. The molecule has 1 rings (SSSR count). The van der Waals surface area contributed by atoms with Gasteiger partial charge in [0.25, 0.3) is 0 Å². The molecule has 0 saturated heterocycles. The molecule has 0 bridgehead atoms. The first-order valence-electron chi connectivity index (χ1n) is 6.23. The van der Waals surface area contributed by atoms with Gasteiger partial charge in [0.05, 0.1) is 0 Å². The molecule has 0 aromatic carbocycles. The zero-order chi connectivity index (χ0) is 11.1. The summed E-state index contributed by atoms with van der Waals surface area (Å²) in [4.78, 5) is 0. The summed E-state index contributed by atoms with van der Waals surface area (Å²) in [5, 5.41) is 3.84. The van der Waals surface area contributed by atoms with Crippen LogP contribution in [0.4, 0.5) is 0 Å². The van der Waals surface area contributed by atoms with E-state index >= 15 is 0 Å². The standard InChI is InChI=1S/C12H25NOS/c1-11(15(2)14)8-9-13-10-12-6-4-3-5-7-12/h11-13H,3-10H2,1-2H3. The Balaban J connectivity index is 1.98. The summed E-state index contributed by atoms with van der Waals surface area (Å²) < 4.78 is 11.1. The van der Waals surface area contributed by atoms with Crippen LogP contribution in [0.25, 0.3) is 0 Å². The molecule has 2 nitrogen and oxygen atoms in total. The van der Waals surface area contributed by atoms with Crippen LogP contribution >= 0.6 is 0 Å². The molecule has 2 unspecified atom stereocenters. The SMILES string of the molecule is CC(CCNCC1CCCCC1)S(C)=O. The summed E-state index contributed by atoms with van der Waals surface area (Å²) in [7, 11) is -0.659. The van der Waals surface area contributed by atoms with Crippen molar-refractivity contribution in [3.05, 3.63) is 0 Å². The predicted octanol–water partition coefficient (Wildman–Crippen LogP) is 2.31. The lowest BCUT2D eigenvalue weighted by Crippen LogP contribution is -2.27. The lowest BCUT2D eigenvalue weighted by Gasteiger charge is -2.22. The molecule has 0 aliphatic heterocycles. The minimum atomic E-state index is -0.659. The van der Waals surface area contributed by atoms with Gasteiger partial charge in [-0.3, -0.25) is 4.21 Å². The van der Waals surface area contributed by atoms with Crippen molar-refractivity contribution in [1.29, 1.82) is 0 Å². The van der Waals surface area contributed by atoms with Crippen molar-refractivity contribution >= 4 is 10.8 Å². The van der Waals surface area contributed by atoms with Crippen LogP contribution in [0.1, 0.15) is 45.4 Å². The van der Waals surface area contributed by atoms with Crippen molar-refractivity contribution in [3.63, 3.8) is 0 Å². The van der Waals surface area contributed by atoms with Gasteiger partial charge in [0.2, 0.25) is 0 Å². The maximum atomic E-state index is 11.1. The third kappa shape index (κ3) is 5.67. The fourth-order valence-electron chi connectivity index (χ4n) is 2.17. The van der Waals surface area contributed by atoms with E-state index in [0.29, 0.717) is 5.25 Å². The Hall–Kier alpha value is 0.110. The third-order valence-electron chi connectivity index (χ3n) is 3.45. The van der Waals surface area contributed by atoms with Gasteiger partial charge < -0.3 is 5.32 Å². The highest BCUT2D eigenvalue weighted by atomic mass is 32.2. The molecule has 0 spiro atoms. The van der Waals surface area contributed by atoms with Crippen molar-refractivity contribution in [3.8, 4) is 0 Å². The summed E-state index contributed by atoms with van der Waals surface area (Å²) in [6, 6.07) is 0. The second-order valence-electron chi connectivity index (χ2n) is 4.81. The second kappa shape index (κ2) is 7.39. The normalized spacial score (nSPS) is 22.5. The van der Waals surface area contributed by atoms with Gasteiger partial charge in [-0.1, -0.05) is 26.2 Å². The molecule has 0 radical (unpaired) electrons. The Morgan fingerprint density at radius 2 is 2.00 bits per heavy atom. The van der Waals surface area contributed by atoms with Crippen molar-refractivity contribution in [2.24, 2.45) is 5.92 Å². The summed E-state index contributed by atoms with van der Waals surface area (Å²) >= 11 is 0. The van der Waals surface area contributed by atoms with E-state index in [9.17, 15) is 4.21 Å². The van der Waals surface area contributed by atoms with Gasteiger partial charge in [0.15, 0.2) is 0 Å². The Morgan fingerprint density at radius 3 is 2.60 bits per heavy atom. The highest BCUT2D eigenvalue weighted by Crippen LogP contribution is 2.22. The van der Waals surface area contributed by atoms with E-state index in [4.69, 9.17) is 0 Å². The number of hydrogen-bond acceptors (Lipinski definition) is 2. The minimum absolute atomic E-state index is 0.337. The lowest BCUT2D eigenvalue weighted by molar-refractivity contribution is 0.342. The third-order valence-corrected chi connectivity index (χ3v) is 4.82. The van der Waals surface area contributed by atoms with Crippen molar-refractivity contribution < 1.29 is 4.21 Å². The van der Waals surface area contributed by atoms with Gasteiger partial charge in [0, 0.05) is 22.3 Å². The van der Waals surface area contributed by atoms with E-state index in [1.807, 2.05) is 0 Å². The van der Waals surface area contributed by atoms with Gasteiger partial charge in [-0.05, 0) is 38.3 Å². The summed E-state index contributed by atoms with van der Waals surface area (Å²) in [6.07, 6.45) is 9.91. The van der Waals surface area contributed by atoms with Crippen LogP contribution < -0.4 is 5.32 Å². The first kappa shape index (κ1) is 13.2. The van der Waals surface area contributed by atoms with E-state index in [0.717, 1.165) is 18.9 Å². The molecule has 1 aliphatic rings. The van der Waals surface area contributed by atoms with E-state index < -0.39 is 10.8 Å². The van der Waals surface area contributed by atoms with Gasteiger partial charge in [0.1, 0.15) is 0 Å². The first-order valence-corrected chi connectivity index (χ1v) is 7.85. The molecule has 15 heavy (non-hydrogen) atoms. The maximum absolute atomic E-state index is 11.1. The van der Waals surface area contributed by atoms with E-state index in [-0.39, 0.29) is 0 Å². The van der Waals surface area contributed by atoms with Gasteiger partial charge >= 0.3 is 0 Å². The molecule has 1 N–H and O–H groups in total. The molecule has 0 amide bonds. The lowest BCUT2D eigenvalue weighted by atomic mass is 9.89. The van der Waals surface area contributed by atoms with Crippen LogP contribution in [0.15, 0.2) is 0 Å². The average molecular weight is 231 g/mol.